The molecule has 2 aromatic rings. The molecular formula is C16H17ClN2O. The Morgan fingerprint density at radius 1 is 1.20 bits per heavy atom. The zero-order chi connectivity index (χ0) is 14.5. The molecule has 0 aliphatic rings. The predicted molar refractivity (Wildman–Crippen MR) is 82.9 cm³/mol. The van der Waals surface area contributed by atoms with Gasteiger partial charge in [0.05, 0.1) is 16.8 Å². The standard InChI is InChI=1S/C16H17ClN2O/c1-11-6-5-9-13(17)15(11)19-16(20)14(18)10-12-7-3-2-4-8-12/h2-9,14H,10,18H2,1H3,(H,19,20)/t14-/m0/s1. The highest BCUT2D eigenvalue weighted by Crippen LogP contribution is 2.25. The van der Waals surface area contributed by atoms with Crippen LogP contribution in [0.25, 0.3) is 0 Å². The number of hydrogen-bond donors (Lipinski definition) is 2. The van der Waals surface area contributed by atoms with E-state index in [-0.39, 0.29) is 5.91 Å². The Balaban J connectivity index is 2.05. The second kappa shape index (κ2) is 6.55. The molecule has 0 aliphatic heterocycles. The lowest BCUT2D eigenvalue weighted by Gasteiger charge is -2.15. The van der Waals surface area contributed by atoms with E-state index in [2.05, 4.69) is 5.32 Å². The molecular weight excluding hydrogens is 272 g/mol. The molecule has 0 radical (unpaired) electrons. The van der Waals surface area contributed by atoms with Crippen molar-refractivity contribution < 1.29 is 4.79 Å². The lowest BCUT2D eigenvalue weighted by molar-refractivity contribution is -0.117. The van der Waals surface area contributed by atoms with Crippen molar-refractivity contribution in [3.8, 4) is 0 Å². The number of nitrogens with one attached hydrogen (secondary N) is 1. The Kier molecular flexibility index (Phi) is 4.77. The van der Waals surface area contributed by atoms with Crippen LogP contribution in [0.4, 0.5) is 5.69 Å². The highest BCUT2D eigenvalue weighted by molar-refractivity contribution is 6.34. The fourth-order valence-corrected chi connectivity index (χ4v) is 2.24. The fraction of sp³-hybridized carbons (Fsp3) is 0.188. The second-order valence-corrected chi connectivity index (χ2v) is 5.12. The third-order valence-corrected chi connectivity index (χ3v) is 3.42. The average molecular weight is 289 g/mol. The highest BCUT2D eigenvalue weighted by Gasteiger charge is 2.16. The number of benzene rings is 2. The van der Waals surface area contributed by atoms with Crippen molar-refractivity contribution in [1.82, 2.24) is 0 Å². The number of aryl methyl sites for hydroxylation is 1. The van der Waals surface area contributed by atoms with E-state index in [9.17, 15) is 4.79 Å². The summed E-state index contributed by atoms with van der Waals surface area (Å²) < 4.78 is 0. The molecule has 0 aromatic heterocycles. The highest BCUT2D eigenvalue weighted by atomic mass is 35.5. The van der Waals surface area contributed by atoms with Crippen LogP contribution >= 0.6 is 11.6 Å². The number of halogens is 1. The van der Waals surface area contributed by atoms with Gasteiger partial charge in [-0.15, -0.1) is 0 Å². The molecule has 104 valence electrons. The molecule has 0 saturated heterocycles. The lowest BCUT2D eigenvalue weighted by Crippen LogP contribution is -2.37. The molecule has 0 unspecified atom stereocenters. The maximum Gasteiger partial charge on any atom is 0.241 e. The van der Waals surface area contributed by atoms with Crippen molar-refractivity contribution in [1.29, 1.82) is 0 Å². The molecule has 1 amide bonds. The number of rotatable bonds is 4. The SMILES string of the molecule is Cc1cccc(Cl)c1NC(=O)[C@@H](N)Cc1ccccc1. The first-order chi connectivity index (χ1) is 9.58. The van der Waals surface area contributed by atoms with Crippen LogP contribution < -0.4 is 11.1 Å². The van der Waals surface area contributed by atoms with Crippen LogP contribution in [0.5, 0.6) is 0 Å². The molecule has 0 aliphatic carbocycles. The zero-order valence-electron chi connectivity index (χ0n) is 11.3. The quantitative estimate of drug-likeness (QED) is 0.908. The third kappa shape index (κ3) is 3.59. The van der Waals surface area contributed by atoms with Crippen LogP contribution in [0, 0.1) is 6.92 Å². The Labute approximate surface area is 123 Å². The van der Waals surface area contributed by atoms with Gasteiger partial charge in [0.2, 0.25) is 5.91 Å². The van der Waals surface area contributed by atoms with Gasteiger partial charge in [-0.3, -0.25) is 4.79 Å². The van der Waals surface area contributed by atoms with Gasteiger partial charge in [0.1, 0.15) is 0 Å². The maximum absolute atomic E-state index is 12.1. The van der Waals surface area contributed by atoms with Crippen molar-refractivity contribution in [3.63, 3.8) is 0 Å². The van der Waals surface area contributed by atoms with E-state index in [0.29, 0.717) is 17.1 Å². The summed E-state index contributed by atoms with van der Waals surface area (Å²) in [5, 5.41) is 3.32. The molecule has 0 spiro atoms. The van der Waals surface area contributed by atoms with Crippen molar-refractivity contribution >= 4 is 23.2 Å². The predicted octanol–water partition coefficient (Wildman–Crippen LogP) is 3.16. The first-order valence-corrected chi connectivity index (χ1v) is 6.81. The minimum atomic E-state index is -0.604. The van der Waals surface area contributed by atoms with Crippen LogP contribution in [0.1, 0.15) is 11.1 Å². The Hall–Kier alpha value is -1.84. The summed E-state index contributed by atoms with van der Waals surface area (Å²) in [6.07, 6.45) is 0.496. The monoisotopic (exact) mass is 288 g/mol. The Morgan fingerprint density at radius 2 is 1.90 bits per heavy atom. The molecule has 3 nitrogen and oxygen atoms in total. The molecule has 0 heterocycles. The molecule has 4 heteroatoms. The summed E-state index contributed by atoms with van der Waals surface area (Å²) in [6, 6.07) is 14.6. The van der Waals surface area contributed by atoms with Gasteiger partial charge in [-0.1, -0.05) is 54.1 Å². The van der Waals surface area contributed by atoms with Crippen molar-refractivity contribution in [2.24, 2.45) is 5.73 Å². The summed E-state index contributed by atoms with van der Waals surface area (Å²) in [7, 11) is 0. The number of nitrogens with two attached hydrogens (primary N) is 1. The van der Waals surface area contributed by atoms with E-state index in [0.717, 1.165) is 11.1 Å². The van der Waals surface area contributed by atoms with Gasteiger partial charge in [0.15, 0.2) is 0 Å². The van der Waals surface area contributed by atoms with Crippen molar-refractivity contribution in [2.75, 3.05) is 5.32 Å². The van der Waals surface area contributed by atoms with Gasteiger partial charge < -0.3 is 11.1 Å². The number of carbonyl (C=O) groups is 1. The molecule has 20 heavy (non-hydrogen) atoms. The molecule has 2 aromatic carbocycles. The minimum Gasteiger partial charge on any atom is -0.323 e. The van der Waals surface area contributed by atoms with E-state index < -0.39 is 6.04 Å². The number of anilines is 1. The smallest absolute Gasteiger partial charge is 0.241 e. The van der Waals surface area contributed by atoms with E-state index >= 15 is 0 Å². The van der Waals surface area contributed by atoms with E-state index in [1.165, 1.54) is 0 Å². The van der Waals surface area contributed by atoms with Crippen LogP contribution in [0.2, 0.25) is 5.02 Å². The van der Waals surface area contributed by atoms with Crippen LogP contribution in [-0.2, 0) is 11.2 Å². The first kappa shape index (κ1) is 14.6. The summed E-state index contributed by atoms with van der Waals surface area (Å²) in [4.78, 5) is 12.1. The molecule has 3 N–H and O–H groups in total. The first-order valence-electron chi connectivity index (χ1n) is 6.43. The molecule has 0 saturated carbocycles. The summed E-state index contributed by atoms with van der Waals surface area (Å²) in [5.41, 5.74) is 8.52. The fourth-order valence-electron chi connectivity index (χ4n) is 1.97. The average Bonchev–Trinajstić information content (AvgIpc) is 2.44. The van der Waals surface area contributed by atoms with Gasteiger partial charge in [0, 0.05) is 0 Å². The number of hydrogen-bond acceptors (Lipinski definition) is 2. The van der Waals surface area contributed by atoms with Crippen LogP contribution in [0.15, 0.2) is 48.5 Å². The normalized spacial score (nSPS) is 11.9. The van der Waals surface area contributed by atoms with Gasteiger partial charge in [0.25, 0.3) is 0 Å². The zero-order valence-corrected chi connectivity index (χ0v) is 12.0. The molecule has 0 bridgehead atoms. The van der Waals surface area contributed by atoms with E-state index in [1.807, 2.05) is 49.4 Å². The van der Waals surface area contributed by atoms with Gasteiger partial charge in [-0.05, 0) is 30.5 Å². The minimum absolute atomic E-state index is 0.231. The maximum atomic E-state index is 12.1. The second-order valence-electron chi connectivity index (χ2n) is 4.72. The van der Waals surface area contributed by atoms with Gasteiger partial charge in [-0.25, -0.2) is 0 Å². The molecule has 2 rings (SSSR count). The van der Waals surface area contributed by atoms with Crippen molar-refractivity contribution in [3.05, 3.63) is 64.7 Å². The number of para-hydroxylation sites is 1. The summed E-state index contributed by atoms with van der Waals surface area (Å²) >= 11 is 6.08. The van der Waals surface area contributed by atoms with Gasteiger partial charge >= 0.3 is 0 Å². The lowest BCUT2D eigenvalue weighted by atomic mass is 10.1. The number of carbonyl (C=O) groups excluding carboxylic acids is 1. The number of amides is 1. The molecule has 1 atom stereocenters. The summed E-state index contributed by atoms with van der Waals surface area (Å²) in [5.74, 6) is -0.231. The van der Waals surface area contributed by atoms with Crippen LogP contribution in [0.3, 0.4) is 0 Å². The Bertz CT molecular complexity index is 578. The largest absolute Gasteiger partial charge is 0.323 e. The van der Waals surface area contributed by atoms with E-state index in [4.69, 9.17) is 17.3 Å². The van der Waals surface area contributed by atoms with Crippen molar-refractivity contribution in [2.45, 2.75) is 19.4 Å². The van der Waals surface area contributed by atoms with Gasteiger partial charge in [-0.2, -0.15) is 0 Å². The third-order valence-electron chi connectivity index (χ3n) is 3.11. The summed E-state index contributed by atoms with van der Waals surface area (Å²) in [6.45, 7) is 1.89. The topological polar surface area (TPSA) is 55.1 Å². The van der Waals surface area contributed by atoms with Crippen LogP contribution in [-0.4, -0.2) is 11.9 Å². The Morgan fingerprint density at radius 3 is 2.55 bits per heavy atom. The molecule has 0 fully saturated rings. The van der Waals surface area contributed by atoms with E-state index in [1.54, 1.807) is 6.07 Å².